The van der Waals surface area contributed by atoms with E-state index in [1.165, 1.54) is 5.56 Å². The maximum absolute atomic E-state index is 13.1. The predicted octanol–water partition coefficient (Wildman–Crippen LogP) is 6.71. The highest BCUT2D eigenvalue weighted by molar-refractivity contribution is 5.91. The van der Waals surface area contributed by atoms with Crippen LogP contribution in [-0.4, -0.2) is 19.0 Å². The van der Waals surface area contributed by atoms with E-state index >= 15 is 0 Å². The summed E-state index contributed by atoms with van der Waals surface area (Å²) in [6.07, 6.45) is 9.65. The Morgan fingerprint density at radius 1 is 1.26 bits per heavy atom. The standard InChI is InChI=1S/C28H40N2O/c1-8-15-28(27(31)20(6)9-2)17-25(28)23-13-11-22(12-14-23)21(10-3)16-24(18-30-7)26(29)19(4)5/h10-14,16,18-20,25H,3,8-9,15,17,29H2,1-2,4-7H3/b21-16+,26-24-,30-18?. The lowest BCUT2D eigenvalue weighted by atomic mass is 9.83. The summed E-state index contributed by atoms with van der Waals surface area (Å²) >= 11 is 0. The van der Waals surface area contributed by atoms with Crippen LogP contribution in [0.4, 0.5) is 0 Å². The Labute approximate surface area is 189 Å². The molecule has 168 valence electrons. The van der Waals surface area contributed by atoms with Gasteiger partial charge in [-0.1, -0.05) is 78.0 Å². The van der Waals surface area contributed by atoms with Gasteiger partial charge in [-0.25, -0.2) is 0 Å². The Hall–Kier alpha value is -2.42. The lowest BCUT2D eigenvalue weighted by Crippen LogP contribution is -2.24. The zero-order valence-corrected chi connectivity index (χ0v) is 20.2. The second-order valence-electron chi connectivity index (χ2n) is 9.21. The number of benzene rings is 1. The summed E-state index contributed by atoms with van der Waals surface area (Å²) in [7, 11) is 1.75. The van der Waals surface area contributed by atoms with E-state index in [-0.39, 0.29) is 17.3 Å². The van der Waals surface area contributed by atoms with E-state index in [2.05, 4.69) is 76.5 Å². The lowest BCUT2D eigenvalue weighted by molar-refractivity contribution is -0.128. The average Bonchev–Trinajstić information content (AvgIpc) is 3.50. The van der Waals surface area contributed by atoms with E-state index in [4.69, 9.17) is 5.73 Å². The normalized spacial score (nSPS) is 23.1. The topological polar surface area (TPSA) is 55.4 Å². The summed E-state index contributed by atoms with van der Waals surface area (Å²) in [6.45, 7) is 14.5. The Balaban J connectivity index is 2.33. The molecule has 1 aromatic carbocycles. The molecule has 0 heterocycles. The minimum absolute atomic E-state index is 0.142. The van der Waals surface area contributed by atoms with E-state index in [1.54, 1.807) is 13.3 Å². The van der Waals surface area contributed by atoms with Gasteiger partial charge in [-0.05, 0) is 53.9 Å². The van der Waals surface area contributed by atoms with Crippen LogP contribution in [0.25, 0.3) is 5.57 Å². The first-order chi connectivity index (χ1) is 14.7. The molecule has 1 aliphatic rings. The molecule has 0 aromatic heterocycles. The fourth-order valence-corrected chi connectivity index (χ4v) is 4.54. The molecule has 3 heteroatoms. The lowest BCUT2D eigenvalue weighted by Gasteiger charge is -2.20. The molecule has 1 saturated carbocycles. The van der Waals surface area contributed by atoms with Crippen molar-refractivity contribution in [2.75, 3.05) is 7.05 Å². The molecule has 0 radical (unpaired) electrons. The fraction of sp³-hybridized carbons (Fsp3) is 0.500. The largest absolute Gasteiger partial charge is 0.401 e. The van der Waals surface area contributed by atoms with Gasteiger partial charge in [0.15, 0.2) is 0 Å². The van der Waals surface area contributed by atoms with Gasteiger partial charge in [0.05, 0.1) is 0 Å². The van der Waals surface area contributed by atoms with E-state index in [0.29, 0.717) is 11.7 Å². The molecule has 0 amide bonds. The number of carbonyl (C=O) groups excluding carboxylic acids is 1. The van der Waals surface area contributed by atoms with Crippen molar-refractivity contribution in [3.8, 4) is 0 Å². The van der Waals surface area contributed by atoms with Gasteiger partial charge < -0.3 is 5.73 Å². The molecule has 0 aliphatic heterocycles. The van der Waals surface area contributed by atoms with E-state index in [0.717, 1.165) is 48.1 Å². The number of Topliss-reactive ketones (excluding diaryl/α,β-unsaturated/α-hetero) is 1. The third kappa shape index (κ3) is 5.44. The van der Waals surface area contributed by atoms with Crippen molar-refractivity contribution >= 4 is 17.6 Å². The summed E-state index contributed by atoms with van der Waals surface area (Å²) < 4.78 is 0. The van der Waals surface area contributed by atoms with Crippen LogP contribution in [0.2, 0.25) is 0 Å². The first-order valence-electron chi connectivity index (χ1n) is 11.7. The number of rotatable bonds is 11. The van der Waals surface area contributed by atoms with Gasteiger partial charge in [-0.3, -0.25) is 9.79 Å². The number of hydrogen-bond donors (Lipinski definition) is 1. The first kappa shape index (κ1) is 24.8. The molecule has 0 spiro atoms. The van der Waals surface area contributed by atoms with Crippen molar-refractivity contribution in [1.82, 2.24) is 0 Å². The average molecular weight is 421 g/mol. The van der Waals surface area contributed by atoms with Gasteiger partial charge in [0.1, 0.15) is 5.78 Å². The van der Waals surface area contributed by atoms with Crippen molar-refractivity contribution in [1.29, 1.82) is 0 Å². The van der Waals surface area contributed by atoms with Crippen LogP contribution >= 0.6 is 0 Å². The van der Waals surface area contributed by atoms with Crippen molar-refractivity contribution in [2.24, 2.45) is 28.0 Å². The Kier molecular flexibility index (Phi) is 8.61. The van der Waals surface area contributed by atoms with Gasteiger partial charge in [0.25, 0.3) is 0 Å². The number of carbonyl (C=O) groups is 1. The number of hydrogen-bond acceptors (Lipinski definition) is 3. The van der Waals surface area contributed by atoms with Crippen LogP contribution in [0.1, 0.15) is 77.3 Å². The van der Waals surface area contributed by atoms with E-state index < -0.39 is 0 Å². The molecule has 1 aliphatic carbocycles. The van der Waals surface area contributed by atoms with Crippen molar-refractivity contribution in [3.63, 3.8) is 0 Å². The Morgan fingerprint density at radius 3 is 2.39 bits per heavy atom. The maximum atomic E-state index is 13.1. The third-order valence-corrected chi connectivity index (χ3v) is 6.72. The number of allylic oxidation sites excluding steroid dienone is 5. The van der Waals surface area contributed by atoms with Gasteiger partial charge >= 0.3 is 0 Å². The Bertz CT molecular complexity index is 873. The molecule has 3 atom stereocenters. The van der Waals surface area contributed by atoms with Gasteiger partial charge in [0.2, 0.25) is 0 Å². The molecule has 1 aromatic rings. The van der Waals surface area contributed by atoms with Gasteiger partial charge in [-0.2, -0.15) is 0 Å². The molecule has 3 unspecified atom stereocenters. The second kappa shape index (κ2) is 10.7. The van der Waals surface area contributed by atoms with Crippen LogP contribution in [0.5, 0.6) is 0 Å². The number of ketones is 1. The van der Waals surface area contributed by atoms with Crippen molar-refractivity contribution in [3.05, 3.63) is 65.4 Å². The molecule has 1 fully saturated rings. The van der Waals surface area contributed by atoms with Gasteiger partial charge in [-0.15, -0.1) is 0 Å². The van der Waals surface area contributed by atoms with Crippen molar-refractivity contribution in [2.45, 2.75) is 66.2 Å². The number of nitrogens with zero attached hydrogens (tertiary/aromatic N) is 1. The summed E-state index contributed by atoms with van der Waals surface area (Å²) in [5.41, 5.74) is 11.2. The molecular formula is C28H40N2O. The highest BCUT2D eigenvalue weighted by Crippen LogP contribution is 2.63. The maximum Gasteiger partial charge on any atom is 0.142 e. The van der Waals surface area contributed by atoms with Crippen LogP contribution in [-0.2, 0) is 4.79 Å². The molecule has 3 nitrogen and oxygen atoms in total. The minimum atomic E-state index is -0.151. The van der Waals surface area contributed by atoms with Crippen LogP contribution in [0.3, 0.4) is 0 Å². The minimum Gasteiger partial charge on any atom is -0.401 e. The van der Waals surface area contributed by atoms with Crippen molar-refractivity contribution < 1.29 is 4.79 Å². The van der Waals surface area contributed by atoms with Crippen LogP contribution < -0.4 is 5.73 Å². The molecule has 2 rings (SSSR count). The highest BCUT2D eigenvalue weighted by Gasteiger charge is 2.59. The summed E-state index contributed by atoms with van der Waals surface area (Å²) in [4.78, 5) is 17.3. The first-order valence-corrected chi connectivity index (χ1v) is 11.7. The SMILES string of the molecule is C=C/C(=C\C(C=NC)=C(\N)C(C)C)c1ccc(C2CC2(CCC)C(=O)C(C)CC)cc1. The monoisotopic (exact) mass is 420 g/mol. The molecule has 2 N–H and O–H groups in total. The zero-order valence-electron chi connectivity index (χ0n) is 20.2. The molecular weight excluding hydrogens is 380 g/mol. The Morgan fingerprint density at radius 2 is 1.90 bits per heavy atom. The highest BCUT2D eigenvalue weighted by atomic mass is 16.1. The fourth-order valence-electron chi connectivity index (χ4n) is 4.54. The van der Waals surface area contributed by atoms with Crippen LogP contribution in [0, 0.1) is 17.3 Å². The van der Waals surface area contributed by atoms with Crippen LogP contribution in [0.15, 0.2) is 59.3 Å². The van der Waals surface area contributed by atoms with E-state index in [9.17, 15) is 4.79 Å². The molecule has 0 bridgehead atoms. The summed E-state index contributed by atoms with van der Waals surface area (Å²) in [5.74, 6) is 1.18. The third-order valence-electron chi connectivity index (χ3n) is 6.72. The zero-order chi connectivity index (χ0) is 23.2. The smallest absolute Gasteiger partial charge is 0.142 e. The molecule has 31 heavy (non-hydrogen) atoms. The predicted molar refractivity (Wildman–Crippen MR) is 134 cm³/mol. The van der Waals surface area contributed by atoms with Gasteiger partial charge in [0, 0.05) is 35.9 Å². The molecule has 0 saturated heterocycles. The number of aliphatic imine (C=N–C) groups is 1. The second-order valence-corrected chi connectivity index (χ2v) is 9.21. The number of nitrogens with two attached hydrogens (primary N) is 1. The quantitative estimate of drug-likeness (QED) is 0.319. The summed E-state index contributed by atoms with van der Waals surface area (Å²) in [6, 6.07) is 8.64. The summed E-state index contributed by atoms with van der Waals surface area (Å²) in [5, 5.41) is 0. The van der Waals surface area contributed by atoms with E-state index in [1.807, 2.05) is 6.08 Å².